The van der Waals surface area contributed by atoms with E-state index in [1.54, 1.807) is 0 Å². The Morgan fingerprint density at radius 3 is 2.95 bits per heavy atom. The molecule has 1 saturated carbocycles. The van der Waals surface area contributed by atoms with Crippen LogP contribution in [0.3, 0.4) is 0 Å². The molecule has 3 atom stereocenters. The average molecular weight is 283 g/mol. The fourth-order valence-electron chi connectivity index (χ4n) is 2.37. The van der Waals surface area contributed by atoms with Gasteiger partial charge in [-0.15, -0.1) is 0 Å². The number of nitrogens with zero attached hydrogens (tertiary/aromatic N) is 1. The first-order chi connectivity index (χ1) is 9.79. The number of rotatable bonds is 8. The van der Waals surface area contributed by atoms with Crippen molar-refractivity contribution in [2.24, 2.45) is 10.9 Å². The van der Waals surface area contributed by atoms with Crippen molar-refractivity contribution in [2.75, 3.05) is 32.9 Å². The van der Waals surface area contributed by atoms with Crippen molar-refractivity contribution in [2.45, 2.75) is 51.7 Å². The smallest absolute Gasteiger partial charge is 0.191 e. The third-order valence-electron chi connectivity index (χ3n) is 3.82. The van der Waals surface area contributed by atoms with Crippen LogP contribution in [0.1, 0.15) is 39.5 Å². The largest absolute Gasteiger partial charge is 0.379 e. The Labute approximate surface area is 122 Å². The summed E-state index contributed by atoms with van der Waals surface area (Å²) in [5, 5.41) is 6.74. The molecule has 0 aromatic rings. The molecule has 0 bridgehead atoms. The number of hydrogen-bond donors (Lipinski definition) is 2. The summed E-state index contributed by atoms with van der Waals surface area (Å²) in [7, 11) is 0. The van der Waals surface area contributed by atoms with Gasteiger partial charge in [-0.1, -0.05) is 6.92 Å². The fourth-order valence-corrected chi connectivity index (χ4v) is 2.37. The van der Waals surface area contributed by atoms with Crippen LogP contribution in [0, 0.1) is 5.92 Å². The van der Waals surface area contributed by atoms with Crippen molar-refractivity contribution in [1.29, 1.82) is 0 Å². The van der Waals surface area contributed by atoms with Gasteiger partial charge in [0.25, 0.3) is 0 Å². The Morgan fingerprint density at radius 2 is 2.30 bits per heavy atom. The summed E-state index contributed by atoms with van der Waals surface area (Å²) in [5.41, 5.74) is 0. The summed E-state index contributed by atoms with van der Waals surface area (Å²) in [6.45, 7) is 8.47. The summed E-state index contributed by atoms with van der Waals surface area (Å²) in [4.78, 5) is 4.58. The number of nitrogens with one attached hydrogen (secondary N) is 2. The quantitative estimate of drug-likeness (QED) is 0.403. The molecule has 1 heterocycles. The van der Waals surface area contributed by atoms with Crippen molar-refractivity contribution < 1.29 is 9.47 Å². The Bertz CT molecular complexity index is 303. The summed E-state index contributed by atoms with van der Waals surface area (Å²) in [6.07, 6.45) is 4.87. The van der Waals surface area contributed by atoms with E-state index in [4.69, 9.17) is 9.47 Å². The highest BCUT2D eigenvalue weighted by atomic mass is 16.5. The van der Waals surface area contributed by atoms with E-state index in [2.05, 4.69) is 29.5 Å². The predicted octanol–water partition coefficient (Wildman–Crippen LogP) is 1.54. The van der Waals surface area contributed by atoms with Gasteiger partial charge in [0.1, 0.15) is 0 Å². The minimum absolute atomic E-state index is 0.328. The number of hydrogen-bond acceptors (Lipinski definition) is 3. The van der Waals surface area contributed by atoms with Crippen LogP contribution >= 0.6 is 0 Å². The third-order valence-corrected chi connectivity index (χ3v) is 3.82. The molecule has 1 aliphatic heterocycles. The Morgan fingerprint density at radius 1 is 1.45 bits per heavy atom. The maximum atomic E-state index is 5.63. The van der Waals surface area contributed by atoms with Crippen LogP contribution in [0.2, 0.25) is 0 Å². The third kappa shape index (κ3) is 5.67. The molecule has 1 aliphatic carbocycles. The summed E-state index contributed by atoms with van der Waals surface area (Å²) >= 11 is 0. The molecule has 2 N–H and O–H groups in total. The molecule has 1 saturated heterocycles. The van der Waals surface area contributed by atoms with Crippen LogP contribution in [-0.4, -0.2) is 51.0 Å². The first kappa shape index (κ1) is 15.6. The zero-order valence-corrected chi connectivity index (χ0v) is 12.9. The van der Waals surface area contributed by atoms with E-state index in [0.717, 1.165) is 57.6 Å². The number of guanidine groups is 1. The van der Waals surface area contributed by atoms with Crippen molar-refractivity contribution in [3.63, 3.8) is 0 Å². The van der Waals surface area contributed by atoms with Gasteiger partial charge in [0.2, 0.25) is 0 Å². The SMILES string of the molecule is CCNC(=NCCCOCC1CCCO1)NC1CC1C. The normalized spacial score (nSPS) is 29.5. The van der Waals surface area contributed by atoms with Gasteiger partial charge in [-0.25, -0.2) is 0 Å². The molecule has 0 spiro atoms. The van der Waals surface area contributed by atoms with Gasteiger partial charge in [-0.05, 0) is 38.5 Å². The van der Waals surface area contributed by atoms with E-state index in [1.807, 2.05) is 0 Å². The van der Waals surface area contributed by atoms with E-state index in [1.165, 1.54) is 12.8 Å². The first-order valence-electron chi connectivity index (χ1n) is 8.03. The molecule has 0 radical (unpaired) electrons. The molecule has 2 rings (SSSR count). The maximum absolute atomic E-state index is 5.63. The van der Waals surface area contributed by atoms with E-state index < -0.39 is 0 Å². The fraction of sp³-hybridized carbons (Fsp3) is 0.933. The maximum Gasteiger partial charge on any atom is 0.191 e. The molecule has 0 aromatic carbocycles. The Kier molecular flexibility index (Phi) is 6.60. The van der Waals surface area contributed by atoms with Crippen LogP contribution in [-0.2, 0) is 9.47 Å². The van der Waals surface area contributed by atoms with Crippen molar-refractivity contribution in [3.05, 3.63) is 0 Å². The summed E-state index contributed by atoms with van der Waals surface area (Å²) in [5.74, 6) is 1.73. The molecule has 3 unspecified atom stereocenters. The molecule has 0 amide bonds. The van der Waals surface area contributed by atoms with Gasteiger partial charge in [0, 0.05) is 32.3 Å². The lowest BCUT2D eigenvalue weighted by Crippen LogP contribution is -2.39. The minimum Gasteiger partial charge on any atom is -0.379 e. The zero-order chi connectivity index (χ0) is 14.2. The van der Waals surface area contributed by atoms with Crippen LogP contribution < -0.4 is 10.6 Å². The zero-order valence-electron chi connectivity index (χ0n) is 12.9. The van der Waals surface area contributed by atoms with Gasteiger partial charge in [0.05, 0.1) is 12.7 Å². The molecule has 0 aromatic heterocycles. The molecule has 5 nitrogen and oxygen atoms in total. The lowest BCUT2D eigenvalue weighted by Gasteiger charge is -2.11. The topological polar surface area (TPSA) is 54.9 Å². The van der Waals surface area contributed by atoms with Crippen LogP contribution in [0.4, 0.5) is 0 Å². The Balaban J connectivity index is 1.52. The van der Waals surface area contributed by atoms with Crippen molar-refractivity contribution >= 4 is 5.96 Å². The van der Waals surface area contributed by atoms with Gasteiger partial charge in [-0.2, -0.15) is 0 Å². The molecule has 2 aliphatic rings. The van der Waals surface area contributed by atoms with E-state index >= 15 is 0 Å². The van der Waals surface area contributed by atoms with Gasteiger partial charge in [-0.3, -0.25) is 4.99 Å². The van der Waals surface area contributed by atoms with Gasteiger partial charge >= 0.3 is 0 Å². The summed E-state index contributed by atoms with van der Waals surface area (Å²) < 4.78 is 11.2. The van der Waals surface area contributed by atoms with Crippen LogP contribution in [0.15, 0.2) is 4.99 Å². The second-order valence-corrected chi connectivity index (χ2v) is 5.79. The molecular formula is C15H29N3O2. The van der Waals surface area contributed by atoms with E-state index in [9.17, 15) is 0 Å². The van der Waals surface area contributed by atoms with Gasteiger partial charge in [0.15, 0.2) is 5.96 Å². The lowest BCUT2D eigenvalue weighted by atomic mass is 10.2. The van der Waals surface area contributed by atoms with E-state index in [-0.39, 0.29) is 0 Å². The molecule has 5 heteroatoms. The van der Waals surface area contributed by atoms with Crippen LogP contribution in [0.25, 0.3) is 0 Å². The highest BCUT2D eigenvalue weighted by Gasteiger charge is 2.33. The highest BCUT2D eigenvalue weighted by Crippen LogP contribution is 2.28. The average Bonchev–Trinajstić information content (AvgIpc) is 2.93. The second kappa shape index (κ2) is 8.47. The molecule has 20 heavy (non-hydrogen) atoms. The van der Waals surface area contributed by atoms with Gasteiger partial charge < -0.3 is 20.1 Å². The first-order valence-corrected chi connectivity index (χ1v) is 8.03. The van der Waals surface area contributed by atoms with Crippen molar-refractivity contribution in [3.8, 4) is 0 Å². The second-order valence-electron chi connectivity index (χ2n) is 5.79. The van der Waals surface area contributed by atoms with Crippen LogP contribution in [0.5, 0.6) is 0 Å². The molecule has 2 fully saturated rings. The Hall–Kier alpha value is -0.810. The number of ether oxygens (including phenoxy) is 2. The minimum atomic E-state index is 0.328. The highest BCUT2D eigenvalue weighted by molar-refractivity contribution is 5.80. The predicted molar refractivity (Wildman–Crippen MR) is 81.1 cm³/mol. The van der Waals surface area contributed by atoms with E-state index in [0.29, 0.717) is 12.1 Å². The monoisotopic (exact) mass is 283 g/mol. The summed E-state index contributed by atoms with van der Waals surface area (Å²) in [6, 6.07) is 0.614. The lowest BCUT2D eigenvalue weighted by molar-refractivity contribution is 0.0171. The molecule has 116 valence electrons. The van der Waals surface area contributed by atoms with Crippen molar-refractivity contribution in [1.82, 2.24) is 10.6 Å². The number of aliphatic imine (C=N–C) groups is 1. The molecular weight excluding hydrogens is 254 g/mol. The standard InChI is InChI=1S/C15H29N3O2/c1-3-16-15(18-14-10-12(14)2)17-7-5-8-19-11-13-6-4-9-20-13/h12-14H,3-11H2,1-2H3,(H2,16,17,18).